The summed E-state index contributed by atoms with van der Waals surface area (Å²) in [5.41, 5.74) is 6.74. The van der Waals surface area contributed by atoms with Crippen LogP contribution in [-0.4, -0.2) is 28.2 Å². The number of H-pyrrole nitrogens is 1. The molecule has 0 saturated heterocycles. The zero-order valence-electron chi connectivity index (χ0n) is 24.6. The largest absolute Gasteiger partial charge is 0.385 e. The van der Waals surface area contributed by atoms with Crippen molar-refractivity contribution in [3.05, 3.63) is 88.6 Å². The van der Waals surface area contributed by atoms with Gasteiger partial charge in [0, 0.05) is 22.7 Å². The zero-order valence-corrected chi connectivity index (χ0v) is 26.2. The Morgan fingerprint density at radius 3 is 1.76 bits per heavy atom. The molecule has 220 valence electrons. The fraction of sp³-hybridized carbons (Fsp3) is 0.267. The van der Waals surface area contributed by atoms with Crippen LogP contribution >= 0.6 is 0 Å². The van der Waals surface area contributed by atoms with E-state index in [1.807, 2.05) is 70.2 Å². The number of hydrogen-bond donors (Lipinski definition) is 3. The third kappa shape index (κ3) is 6.82. The van der Waals surface area contributed by atoms with Crippen molar-refractivity contribution in [2.75, 3.05) is 9.44 Å². The first-order chi connectivity index (χ1) is 19.8. The fourth-order valence-electron chi connectivity index (χ4n) is 4.15. The van der Waals surface area contributed by atoms with Crippen LogP contribution in [0.2, 0.25) is 0 Å². The average molecular weight is 607 g/mol. The van der Waals surface area contributed by atoms with Crippen molar-refractivity contribution in [2.24, 2.45) is 0 Å². The molecule has 3 N–H and O–H groups in total. The lowest BCUT2D eigenvalue weighted by Gasteiger charge is -2.15. The highest BCUT2D eigenvalue weighted by atomic mass is 32.2. The third-order valence-corrected chi connectivity index (χ3v) is 8.02. The Kier molecular flexibility index (Phi) is 8.11. The van der Waals surface area contributed by atoms with Crippen LogP contribution < -0.4 is 17.8 Å². The molecule has 2 unspecified atom stereocenters. The van der Waals surface area contributed by atoms with Gasteiger partial charge in [0.05, 0.1) is 11.4 Å². The van der Waals surface area contributed by atoms with Gasteiger partial charge in [-0.05, 0) is 80.3 Å². The number of aromatic nitrogens is 4. The smallest absolute Gasteiger partial charge is 0.316 e. The second kappa shape index (κ2) is 11.6. The van der Waals surface area contributed by atoms with Crippen LogP contribution in [0.25, 0.3) is 17.0 Å². The summed E-state index contributed by atoms with van der Waals surface area (Å²) in [6.07, 6.45) is 0. The average Bonchev–Trinajstić information content (AvgIpc) is 3.48. The highest BCUT2D eigenvalue weighted by Crippen LogP contribution is 2.29. The van der Waals surface area contributed by atoms with Gasteiger partial charge in [-0.2, -0.15) is 13.0 Å². The number of anilines is 2. The van der Waals surface area contributed by atoms with E-state index in [1.165, 1.54) is 0 Å². The molecular weight excluding hydrogens is 573 g/mol. The molecule has 0 radical (unpaired) electrons. The monoisotopic (exact) mass is 606 g/mol. The second-order valence-corrected chi connectivity index (χ2v) is 13.0. The molecule has 0 bridgehead atoms. The number of fused-ring (bicyclic) bond motifs is 1. The molecule has 0 saturated carbocycles. The molecular formula is C30H34N6O4S2. The maximum atomic E-state index is 13.0. The molecule has 0 aliphatic heterocycles. The predicted octanol–water partition coefficient (Wildman–Crippen LogP) is 6.39. The summed E-state index contributed by atoms with van der Waals surface area (Å²) in [5.74, 6) is 1.45. The zero-order chi connectivity index (χ0) is 30.2. The van der Waals surface area contributed by atoms with Crippen LogP contribution in [0.15, 0.2) is 60.7 Å². The third-order valence-electron chi connectivity index (χ3n) is 6.55. The van der Waals surface area contributed by atoms with E-state index in [0.717, 1.165) is 27.9 Å². The number of hydrogen-bond acceptors (Lipinski definition) is 6. The van der Waals surface area contributed by atoms with Crippen molar-refractivity contribution in [2.45, 2.75) is 53.9 Å². The van der Waals surface area contributed by atoms with Gasteiger partial charge in [0.25, 0.3) is 0 Å². The minimum atomic E-state index is -1.92. The lowest BCUT2D eigenvalue weighted by molar-refractivity contribution is 0.557. The van der Waals surface area contributed by atoms with E-state index >= 15 is 0 Å². The van der Waals surface area contributed by atoms with Gasteiger partial charge in [-0.25, -0.2) is 4.98 Å². The SMILES string of the molecule is Cc1ccc(C)c(OS(=O)Nc2cc(NS(=O)Oc3cc(C)ccc3C)cc(-c3nc4cc(C(C)(C)C)[nH]n4n3)c2)c1. The Hall–Kier alpha value is -4.16. The maximum absolute atomic E-state index is 13.0. The van der Waals surface area contributed by atoms with Crippen LogP contribution in [0.1, 0.15) is 48.7 Å². The van der Waals surface area contributed by atoms with Crippen molar-refractivity contribution >= 4 is 39.6 Å². The van der Waals surface area contributed by atoms with E-state index < -0.39 is 22.5 Å². The Balaban J connectivity index is 1.45. The second-order valence-electron chi connectivity index (χ2n) is 11.3. The number of benzene rings is 3. The molecule has 0 aliphatic rings. The van der Waals surface area contributed by atoms with Crippen LogP contribution in [0.3, 0.4) is 0 Å². The maximum Gasteiger partial charge on any atom is 0.316 e. The topological polar surface area (TPSA) is 123 Å². The molecule has 2 aromatic heterocycles. The standard InChI is InChI=1S/C30H34N6O4S2/c1-18-8-10-20(3)25(12-18)39-41(37)34-23-14-22(29-31-28-17-27(30(5,6)7)32-36(28)33-29)15-24(16-23)35-42(38)40-26-13-19(2)9-11-21(26)4/h8-17,32,34-35H,1-7H3. The lowest BCUT2D eigenvalue weighted by Crippen LogP contribution is -2.14. The van der Waals surface area contributed by atoms with E-state index in [9.17, 15) is 8.42 Å². The van der Waals surface area contributed by atoms with Gasteiger partial charge in [-0.1, -0.05) is 45.0 Å². The van der Waals surface area contributed by atoms with Crippen molar-refractivity contribution in [3.8, 4) is 22.9 Å². The number of nitrogens with zero attached hydrogens (tertiary/aromatic N) is 3. The normalized spacial score (nSPS) is 13.1. The van der Waals surface area contributed by atoms with Gasteiger partial charge in [-0.3, -0.25) is 14.5 Å². The quantitative estimate of drug-likeness (QED) is 0.179. The summed E-state index contributed by atoms with van der Waals surface area (Å²) in [4.78, 5) is 4.69. The number of aromatic amines is 1. The minimum absolute atomic E-state index is 0.0944. The van der Waals surface area contributed by atoms with Crippen molar-refractivity contribution in [1.82, 2.24) is 19.8 Å². The molecule has 5 rings (SSSR count). The van der Waals surface area contributed by atoms with Crippen molar-refractivity contribution in [3.63, 3.8) is 0 Å². The fourth-order valence-corrected chi connectivity index (χ4v) is 5.54. The van der Waals surface area contributed by atoms with E-state index in [1.54, 1.807) is 22.8 Å². The minimum Gasteiger partial charge on any atom is -0.385 e. The van der Waals surface area contributed by atoms with E-state index in [2.05, 4.69) is 45.4 Å². The molecule has 42 heavy (non-hydrogen) atoms. The summed E-state index contributed by atoms with van der Waals surface area (Å²) in [5, 5.41) is 7.88. The summed E-state index contributed by atoms with van der Waals surface area (Å²) in [7, 11) is 0. The van der Waals surface area contributed by atoms with Crippen molar-refractivity contribution < 1.29 is 16.8 Å². The van der Waals surface area contributed by atoms with E-state index in [-0.39, 0.29) is 5.41 Å². The number of nitrogens with one attached hydrogen (secondary N) is 3. The van der Waals surface area contributed by atoms with Crippen LogP contribution in [-0.2, 0) is 27.9 Å². The Bertz CT molecular complexity index is 1710. The Morgan fingerprint density at radius 2 is 1.29 bits per heavy atom. The number of rotatable bonds is 9. The molecule has 5 aromatic rings. The molecule has 0 fully saturated rings. The van der Waals surface area contributed by atoms with Gasteiger partial charge in [0.2, 0.25) is 0 Å². The highest BCUT2D eigenvalue weighted by Gasteiger charge is 2.20. The molecule has 0 aliphatic carbocycles. The van der Waals surface area contributed by atoms with Gasteiger partial charge in [0.15, 0.2) is 11.5 Å². The summed E-state index contributed by atoms with van der Waals surface area (Å²) in [6, 6.07) is 18.5. The van der Waals surface area contributed by atoms with Gasteiger partial charge >= 0.3 is 22.5 Å². The van der Waals surface area contributed by atoms with Crippen LogP contribution in [0, 0.1) is 27.7 Å². The van der Waals surface area contributed by atoms with Crippen LogP contribution in [0.4, 0.5) is 11.4 Å². The molecule has 12 heteroatoms. The molecule has 2 heterocycles. The first-order valence-electron chi connectivity index (χ1n) is 13.3. The van der Waals surface area contributed by atoms with Crippen LogP contribution in [0.5, 0.6) is 11.5 Å². The summed E-state index contributed by atoms with van der Waals surface area (Å²) in [6.45, 7) is 14.0. The molecule has 10 nitrogen and oxygen atoms in total. The van der Waals surface area contributed by atoms with Gasteiger partial charge < -0.3 is 8.37 Å². The summed E-state index contributed by atoms with van der Waals surface area (Å²) < 4.78 is 44.8. The van der Waals surface area contributed by atoms with Crippen molar-refractivity contribution in [1.29, 1.82) is 0 Å². The number of aryl methyl sites for hydroxylation is 4. The Morgan fingerprint density at radius 1 is 0.762 bits per heavy atom. The van der Waals surface area contributed by atoms with E-state index in [4.69, 9.17) is 8.37 Å². The first-order valence-corrected chi connectivity index (χ1v) is 15.5. The molecule has 3 aromatic carbocycles. The van der Waals surface area contributed by atoms with Gasteiger partial charge in [0.1, 0.15) is 11.5 Å². The molecule has 0 spiro atoms. The van der Waals surface area contributed by atoms with E-state index in [0.29, 0.717) is 39.9 Å². The first kappa shape index (κ1) is 29.3. The predicted molar refractivity (Wildman–Crippen MR) is 168 cm³/mol. The summed E-state index contributed by atoms with van der Waals surface area (Å²) >= 11 is -3.84. The molecule has 0 amide bonds. The Labute approximate surface area is 250 Å². The van der Waals surface area contributed by atoms with Gasteiger partial charge in [-0.15, -0.1) is 5.10 Å². The molecule has 2 atom stereocenters. The lowest BCUT2D eigenvalue weighted by atomic mass is 9.93. The highest BCUT2D eigenvalue weighted by molar-refractivity contribution is 7.82.